The van der Waals surface area contributed by atoms with E-state index in [0.717, 1.165) is 16.7 Å². The molecule has 0 aliphatic heterocycles. The van der Waals surface area contributed by atoms with Gasteiger partial charge in [0, 0.05) is 11.1 Å². The molecule has 1 N–H and O–H groups in total. The van der Waals surface area contributed by atoms with Gasteiger partial charge in [-0.1, -0.05) is 78.4 Å². The lowest BCUT2D eigenvalue weighted by molar-refractivity contribution is -0.145. The molecule has 0 saturated carbocycles. The highest BCUT2D eigenvalue weighted by Crippen LogP contribution is 2.27. The molecule has 0 aliphatic carbocycles. The van der Waals surface area contributed by atoms with Crippen LogP contribution in [0.25, 0.3) is 0 Å². The van der Waals surface area contributed by atoms with Gasteiger partial charge in [-0.15, -0.1) is 11.6 Å². The first-order valence-electron chi connectivity index (χ1n) is 11.7. The van der Waals surface area contributed by atoms with E-state index in [1.165, 1.54) is 12.1 Å². The second-order valence-electron chi connectivity index (χ2n) is 8.88. The van der Waals surface area contributed by atoms with E-state index in [9.17, 15) is 13.2 Å². The molecular weight excluding hydrogens is 496 g/mol. The van der Waals surface area contributed by atoms with Crippen molar-refractivity contribution < 1.29 is 17.9 Å². The molecule has 0 aromatic heterocycles. The topological polar surface area (TPSA) is 84.8 Å². The molecule has 36 heavy (non-hydrogen) atoms. The fourth-order valence-electron chi connectivity index (χ4n) is 3.67. The largest absolute Gasteiger partial charge is 0.464 e. The summed E-state index contributed by atoms with van der Waals surface area (Å²) in [5.74, 6) is -0.674. The van der Waals surface area contributed by atoms with E-state index in [1.54, 1.807) is 32.9 Å². The number of aryl methyl sites for hydroxylation is 1. The Morgan fingerprint density at radius 3 is 1.89 bits per heavy atom. The number of halogens is 1. The first kappa shape index (κ1) is 27.6. The van der Waals surface area contributed by atoms with Gasteiger partial charge in [-0.3, -0.25) is 4.99 Å². The van der Waals surface area contributed by atoms with Gasteiger partial charge in [0.2, 0.25) is 10.0 Å². The Morgan fingerprint density at radius 2 is 1.44 bits per heavy atom. The van der Waals surface area contributed by atoms with Crippen LogP contribution in [0.4, 0.5) is 0 Å². The Bertz CT molecular complexity index is 1250. The van der Waals surface area contributed by atoms with Crippen LogP contribution >= 0.6 is 11.6 Å². The first-order chi connectivity index (χ1) is 17.0. The van der Waals surface area contributed by atoms with Crippen LogP contribution in [0.15, 0.2) is 94.8 Å². The van der Waals surface area contributed by atoms with Crippen LogP contribution in [0, 0.1) is 6.92 Å². The lowest BCUT2D eigenvalue weighted by atomic mass is 9.95. The molecule has 0 aliphatic rings. The van der Waals surface area contributed by atoms with E-state index in [2.05, 4.69) is 4.72 Å². The minimum Gasteiger partial charge on any atom is -0.464 e. The predicted octanol–water partition coefficient (Wildman–Crippen LogP) is 5.13. The van der Waals surface area contributed by atoms with Crippen molar-refractivity contribution >= 4 is 33.3 Å². The van der Waals surface area contributed by atoms with E-state index in [0.29, 0.717) is 5.71 Å². The molecular formula is C28H31ClN2O4S. The molecule has 0 bridgehead atoms. The highest BCUT2D eigenvalue weighted by molar-refractivity contribution is 7.89. The summed E-state index contributed by atoms with van der Waals surface area (Å²) >= 11 is 6.73. The zero-order valence-corrected chi connectivity index (χ0v) is 22.4. The number of carbonyl (C=O) groups is 1. The maximum Gasteiger partial charge on any atom is 0.332 e. The third kappa shape index (κ3) is 7.03. The highest BCUT2D eigenvalue weighted by atomic mass is 35.5. The van der Waals surface area contributed by atoms with Crippen molar-refractivity contribution in [2.45, 2.75) is 49.5 Å². The number of aliphatic imine (C=N–C) groups is 1. The number of carbonyl (C=O) groups excluding carboxylic acids is 1. The highest BCUT2D eigenvalue weighted by Gasteiger charge is 2.42. The summed E-state index contributed by atoms with van der Waals surface area (Å²) in [6.07, 6.45) is 0. The van der Waals surface area contributed by atoms with Gasteiger partial charge < -0.3 is 4.74 Å². The molecule has 3 aromatic carbocycles. The van der Waals surface area contributed by atoms with Crippen LogP contribution in [0.3, 0.4) is 0 Å². The van der Waals surface area contributed by atoms with Crippen LogP contribution in [0.1, 0.15) is 37.5 Å². The Balaban J connectivity index is 2.17. The van der Waals surface area contributed by atoms with Crippen molar-refractivity contribution in [3.63, 3.8) is 0 Å². The van der Waals surface area contributed by atoms with Crippen LogP contribution in [-0.2, 0) is 19.6 Å². The molecule has 6 nitrogen and oxygen atoms in total. The lowest BCUT2D eigenvalue weighted by Crippen LogP contribution is -2.55. The number of nitrogens with zero attached hydrogens (tertiary/aromatic N) is 1. The number of nitrogens with one attached hydrogen (secondary N) is 1. The van der Waals surface area contributed by atoms with E-state index in [-0.39, 0.29) is 11.5 Å². The van der Waals surface area contributed by atoms with Crippen molar-refractivity contribution in [1.29, 1.82) is 0 Å². The zero-order chi connectivity index (χ0) is 26.3. The van der Waals surface area contributed by atoms with Crippen molar-refractivity contribution in [3.8, 4) is 0 Å². The molecule has 0 unspecified atom stereocenters. The van der Waals surface area contributed by atoms with Crippen molar-refractivity contribution in [1.82, 2.24) is 4.72 Å². The zero-order valence-electron chi connectivity index (χ0n) is 20.8. The quantitative estimate of drug-likeness (QED) is 0.225. The Morgan fingerprint density at radius 1 is 0.944 bits per heavy atom. The van der Waals surface area contributed by atoms with Gasteiger partial charge in [-0.25, -0.2) is 17.9 Å². The van der Waals surface area contributed by atoms with Gasteiger partial charge in [0.25, 0.3) is 0 Å². The third-order valence-corrected chi connectivity index (χ3v) is 7.25. The Labute approximate surface area is 218 Å². The molecule has 0 spiro atoms. The summed E-state index contributed by atoms with van der Waals surface area (Å²) in [5.41, 5.74) is 2.98. The van der Waals surface area contributed by atoms with Gasteiger partial charge in [0.1, 0.15) is 0 Å². The summed E-state index contributed by atoms with van der Waals surface area (Å²) in [5, 5.41) is 0. The molecule has 0 radical (unpaired) electrons. The lowest BCUT2D eigenvalue weighted by Gasteiger charge is -2.33. The molecule has 3 aromatic rings. The number of rotatable bonds is 10. The minimum atomic E-state index is -4.03. The second-order valence-corrected chi connectivity index (χ2v) is 11.6. The summed E-state index contributed by atoms with van der Waals surface area (Å²) in [6.45, 7) is 6.95. The minimum absolute atomic E-state index is 0.0666. The molecule has 3 rings (SSSR count). The number of esters is 1. The first-order valence-corrected chi connectivity index (χ1v) is 13.5. The van der Waals surface area contributed by atoms with E-state index in [1.807, 2.05) is 67.6 Å². The van der Waals surface area contributed by atoms with Crippen molar-refractivity contribution in [2.75, 3.05) is 6.61 Å². The van der Waals surface area contributed by atoms with Gasteiger partial charge in [0.15, 0.2) is 6.04 Å². The van der Waals surface area contributed by atoms with Crippen molar-refractivity contribution in [2.24, 2.45) is 4.99 Å². The van der Waals surface area contributed by atoms with E-state index < -0.39 is 33.0 Å². The van der Waals surface area contributed by atoms with Gasteiger partial charge in [-0.05, 0) is 39.8 Å². The molecule has 0 fully saturated rings. The van der Waals surface area contributed by atoms with Crippen LogP contribution < -0.4 is 4.72 Å². The molecule has 0 heterocycles. The maximum absolute atomic E-state index is 13.3. The van der Waals surface area contributed by atoms with Gasteiger partial charge in [0.05, 0.1) is 28.1 Å². The van der Waals surface area contributed by atoms with Crippen LogP contribution in [-0.4, -0.2) is 43.7 Å². The SMILES string of the molecule is CCOC(=O)[C@H](N=C(c1ccccc1)c1ccccc1)[C@H](NS(=O)(=O)c1ccc(C)cc1)C(C)(C)Cl. The number of ether oxygens (including phenoxy) is 1. The number of benzene rings is 3. The number of hydrogen-bond acceptors (Lipinski definition) is 5. The number of hydrogen-bond donors (Lipinski definition) is 1. The fourth-order valence-corrected chi connectivity index (χ4v) is 5.30. The summed E-state index contributed by atoms with van der Waals surface area (Å²) in [7, 11) is -4.03. The van der Waals surface area contributed by atoms with Crippen molar-refractivity contribution in [3.05, 3.63) is 102 Å². The second kappa shape index (κ2) is 11.8. The fraction of sp³-hybridized carbons (Fsp3) is 0.286. The average Bonchev–Trinajstić information content (AvgIpc) is 2.84. The molecule has 0 amide bonds. The number of sulfonamides is 1. The Hall–Kier alpha value is -3.00. The molecule has 0 saturated heterocycles. The maximum atomic E-state index is 13.3. The number of alkyl halides is 1. The predicted molar refractivity (Wildman–Crippen MR) is 144 cm³/mol. The molecule has 190 valence electrons. The average molecular weight is 527 g/mol. The summed E-state index contributed by atoms with van der Waals surface area (Å²) in [4.78, 5) is 17.0. The summed E-state index contributed by atoms with van der Waals surface area (Å²) in [6, 6.07) is 22.8. The van der Waals surface area contributed by atoms with Gasteiger partial charge >= 0.3 is 5.97 Å². The van der Waals surface area contributed by atoms with E-state index in [4.69, 9.17) is 21.3 Å². The summed E-state index contributed by atoms with van der Waals surface area (Å²) < 4.78 is 34.7. The molecule has 8 heteroatoms. The smallest absolute Gasteiger partial charge is 0.332 e. The normalized spacial score (nSPS) is 13.5. The Kier molecular flexibility index (Phi) is 9.06. The third-order valence-electron chi connectivity index (χ3n) is 5.56. The van der Waals surface area contributed by atoms with Gasteiger partial charge in [-0.2, -0.15) is 0 Å². The van der Waals surface area contributed by atoms with E-state index >= 15 is 0 Å². The van der Waals surface area contributed by atoms with Crippen LogP contribution in [0.2, 0.25) is 0 Å². The monoisotopic (exact) mass is 526 g/mol. The van der Waals surface area contributed by atoms with Crippen LogP contribution in [0.5, 0.6) is 0 Å². The standard InChI is InChI=1S/C28H31ClN2O4S/c1-5-35-27(32)25(30-24(21-12-8-6-9-13-21)22-14-10-7-11-15-22)26(28(3,4)29)31-36(33,34)23-18-16-20(2)17-19-23/h6-19,25-26,31H,5H2,1-4H3/t25-,26+/m1/s1. The molecule has 2 atom stereocenters.